The number of hydrogen-bond acceptors (Lipinski definition) is 3. The van der Waals surface area contributed by atoms with Crippen molar-refractivity contribution in [2.75, 3.05) is 0 Å². The van der Waals surface area contributed by atoms with Crippen molar-refractivity contribution in [2.24, 2.45) is 5.41 Å². The first-order chi connectivity index (χ1) is 12.3. The maximum absolute atomic E-state index is 12.0. The van der Waals surface area contributed by atoms with E-state index in [1.165, 1.54) is 6.92 Å². The van der Waals surface area contributed by atoms with Gasteiger partial charge < -0.3 is 9.16 Å². The average molecular weight is 369 g/mol. The van der Waals surface area contributed by atoms with Crippen LogP contribution in [-0.4, -0.2) is 16.5 Å². The minimum absolute atomic E-state index is 0.101. The molecule has 2 rings (SSSR count). The molecule has 0 aromatic heterocycles. The highest BCUT2D eigenvalue weighted by Gasteiger charge is 2.40. The van der Waals surface area contributed by atoms with Crippen LogP contribution >= 0.6 is 0 Å². The molecule has 3 nitrogen and oxygen atoms in total. The van der Waals surface area contributed by atoms with Gasteiger partial charge in [0.1, 0.15) is 0 Å². The normalized spacial score (nSPS) is 14.7. The molecule has 0 bridgehead atoms. The molecule has 0 spiro atoms. The van der Waals surface area contributed by atoms with Crippen LogP contribution in [-0.2, 0) is 19.7 Å². The van der Waals surface area contributed by atoms with Gasteiger partial charge in [0.15, 0.2) is 10.5 Å². The van der Waals surface area contributed by atoms with E-state index >= 15 is 0 Å². The Kier molecular flexibility index (Phi) is 6.56. The van der Waals surface area contributed by atoms with Crippen LogP contribution in [0.2, 0.25) is 0 Å². The van der Waals surface area contributed by atoms with Gasteiger partial charge in [-0.3, -0.25) is 4.79 Å². The number of rotatable bonds is 6. The topological polar surface area (TPSA) is 35.5 Å². The van der Waals surface area contributed by atoms with E-state index in [0.717, 1.165) is 23.1 Å². The standard InChI is InChI=1S/C22H28O3Si/c1-17(23)24-22(25-26,19-13-9-6-10-14-19)20(15-16-21(2,3)4)18-11-7-5-8-12-18/h5-15H,16H2,1-4,26H3. The second kappa shape index (κ2) is 8.47. The SMILES string of the molecule is CC(=O)OC(O[SiH3])(C(=CCC(C)(C)C)c1ccccc1)c1ccccc1. The zero-order valence-electron chi connectivity index (χ0n) is 16.3. The molecule has 2 aromatic rings. The molecule has 1 unspecified atom stereocenters. The van der Waals surface area contributed by atoms with Crippen molar-refractivity contribution in [3.05, 3.63) is 77.9 Å². The van der Waals surface area contributed by atoms with Crippen molar-refractivity contribution < 1.29 is 14.0 Å². The first-order valence-corrected chi connectivity index (χ1v) is 9.66. The van der Waals surface area contributed by atoms with E-state index in [-0.39, 0.29) is 11.4 Å². The van der Waals surface area contributed by atoms with Crippen molar-refractivity contribution in [1.29, 1.82) is 0 Å². The van der Waals surface area contributed by atoms with Crippen molar-refractivity contribution in [2.45, 2.75) is 39.9 Å². The van der Waals surface area contributed by atoms with Gasteiger partial charge in [0, 0.05) is 18.1 Å². The fourth-order valence-electron chi connectivity index (χ4n) is 2.87. The lowest BCUT2D eigenvalue weighted by Gasteiger charge is -2.35. The lowest BCUT2D eigenvalue weighted by molar-refractivity contribution is -0.179. The Labute approximate surface area is 159 Å². The lowest BCUT2D eigenvalue weighted by Crippen LogP contribution is -2.36. The molecule has 1 atom stereocenters. The first-order valence-electron chi connectivity index (χ1n) is 8.85. The molecule has 0 N–H and O–H groups in total. The molecule has 0 aliphatic rings. The Morgan fingerprint density at radius 3 is 2.00 bits per heavy atom. The molecule has 0 amide bonds. The van der Waals surface area contributed by atoms with Crippen molar-refractivity contribution >= 4 is 22.0 Å². The lowest BCUT2D eigenvalue weighted by atomic mass is 9.86. The average Bonchev–Trinajstić information content (AvgIpc) is 2.61. The molecule has 0 heterocycles. The van der Waals surface area contributed by atoms with Gasteiger partial charge >= 0.3 is 5.97 Å². The largest absolute Gasteiger partial charge is 0.425 e. The first kappa shape index (κ1) is 20.1. The highest BCUT2D eigenvalue weighted by Crippen LogP contribution is 2.41. The van der Waals surface area contributed by atoms with E-state index in [4.69, 9.17) is 9.16 Å². The summed E-state index contributed by atoms with van der Waals surface area (Å²) in [6.45, 7) is 7.97. The smallest absolute Gasteiger partial charge is 0.305 e. The van der Waals surface area contributed by atoms with Gasteiger partial charge in [0.2, 0.25) is 0 Å². The maximum atomic E-state index is 12.0. The van der Waals surface area contributed by atoms with Crippen LogP contribution in [0.15, 0.2) is 66.7 Å². The van der Waals surface area contributed by atoms with Gasteiger partial charge in [-0.05, 0) is 17.4 Å². The Bertz CT molecular complexity index is 748. The van der Waals surface area contributed by atoms with E-state index in [0.29, 0.717) is 10.5 Å². The molecule has 26 heavy (non-hydrogen) atoms. The molecule has 4 heteroatoms. The Morgan fingerprint density at radius 2 is 1.54 bits per heavy atom. The molecule has 138 valence electrons. The summed E-state index contributed by atoms with van der Waals surface area (Å²) in [5.41, 5.74) is 2.76. The van der Waals surface area contributed by atoms with Crippen molar-refractivity contribution in [1.82, 2.24) is 0 Å². The number of esters is 1. The van der Waals surface area contributed by atoms with Gasteiger partial charge in [-0.15, -0.1) is 0 Å². The van der Waals surface area contributed by atoms with Crippen LogP contribution in [0, 0.1) is 5.41 Å². The van der Waals surface area contributed by atoms with E-state index in [9.17, 15) is 4.79 Å². The fourth-order valence-corrected chi connectivity index (χ4v) is 3.41. The quantitative estimate of drug-likeness (QED) is 0.435. The molecule has 0 fully saturated rings. The summed E-state index contributed by atoms with van der Waals surface area (Å²) in [5.74, 6) is -1.60. The molecular weight excluding hydrogens is 340 g/mol. The van der Waals surface area contributed by atoms with Gasteiger partial charge in [-0.25, -0.2) is 0 Å². The Balaban J connectivity index is 2.70. The summed E-state index contributed by atoms with van der Waals surface area (Å²) < 4.78 is 11.9. The second-order valence-electron chi connectivity index (χ2n) is 7.53. The molecule has 0 aliphatic heterocycles. The number of allylic oxidation sites excluding steroid dienone is 1. The third kappa shape index (κ3) is 4.93. The van der Waals surface area contributed by atoms with Crippen LogP contribution in [0.25, 0.3) is 5.57 Å². The summed E-state index contributed by atoms with van der Waals surface area (Å²) in [4.78, 5) is 12.0. The van der Waals surface area contributed by atoms with Gasteiger partial charge in [-0.1, -0.05) is 87.5 Å². The van der Waals surface area contributed by atoms with Crippen LogP contribution < -0.4 is 0 Å². The van der Waals surface area contributed by atoms with E-state index < -0.39 is 5.79 Å². The zero-order chi connectivity index (χ0) is 19.2. The third-order valence-corrected chi connectivity index (χ3v) is 4.66. The molecule has 0 aliphatic carbocycles. The van der Waals surface area contributed by atoms with Crippen molar-refractivity contribution in [3.8, 4) is 0 Å². The number of carbonyl (C=O) groups excluding carboxylic acids is 1. The maximum Gasteiger partial charge on any atom is 0.305 e. The van der Waals surface area contributed by atoms with Gasteiger partial charge in [0.25, 0.3) is 5.79 Å². The number of carbonyl (C=O) groups is 1. The molecule has 0 radical (unpaired) electrons. The third-order valence-electron chi connectivity index (χ3n) is 4.09. The van der Waals surface area contributed by atoms with Gasteiger partial charge in [-0.2, -0.15) is 0 Å². The van der Waals surface area contributed by atoms with E-state index in [1.807, 2.05) is 60.7 Å². The summed E-state index contributed by atoms with van der Waals surface area (Å²) >= 11 is 0. The summed E-state index contributed by atoms with van der Waals surface area (Å²) in [7, 11) is 0.414. The number of hydrogen-bond donors (Lipinski definition) is 0. The highest BCUT2D eigenvalue weighted by atomic mass is 28.2. The molecule has 0 saturated heterocycles. The van der Waals surface area contributed by atoms with Crippen LogP contribution in [0.4, 0.5) is 0 Å². The monoisotopic (exact) mass is 368 g/mol. The fraction of sp³-hybridized carbons (Fsp3) is 0.318. The second-order valence-corrected chi connectivity index (χ2v) is 7.94. The Morgan fingerprint density at radius 1 is 1.00 bits per heavy atom. The predicted molar refractivity (Wildman–Crippen MR) is 109 cm³/mol. The van der Waals surface area contributed by atoms with E-state index in [2.05, 4.69) is 26.8 Å². The minimum Gasteiger partial charge on any atom is -0.425 e. The summed E-state index contributed by atoms with van der Waals surface area (Å²) in [6, 6.07) is 19.7. The molecule has 2 aromatic carbocycles. The van der Waals surface area contributed by atoms with Crippen LogP contribution in [0.3, 0.4) is 0 Å². The zero-order valence-corrected chi connectivity index (χ0v) is 18.3. The highest BCUT2D eigenvalue weighted by molar-refractivity contribution is 5.99. The van der Waals surface area contributed by atoms with Crippen LogP contribution in [0.1, 0.15) is 45.2 Å². The summed E-state index contributed by atoms with van der Waals surface area (Å²) in [5, 5.41) is 0. The van der Waals surface area contributed by atoms with Crippen LogP contribution in [0.5, 0.6) is 0 Å². The van der Waals surface area contributed by atoms with Gasteiger partial charge in [0.05, 0.1) is 0 Å². The predicted octanol–water partition coefficient (Wildman–Crippen LogP) is 4.22. The van der Waals surface area contributed by atoms with Crippen molar-refractivity contribution in [3.63, 3.8) is 0 Å². The number of ether oxygens (including phenoxy) is 1. The Hall–Kier alpha value is -2.17. The minimum atomic E-state index is -1.23. The number of benzene rings is 2. The summed E-state index contributed by atoms with van der Waals surface area (Å²) in [6.07, 6.45) is 2.97. The molecular formula is C22H28O3Si. The molecule has 0 saturated carbocycles. The van der Waals surface area contributed by atoms with E-state index in [1.54, 1.807) is 0 Å².